The lowest BCUT2D eigenvalue weighted by Gasteiger charge is -2.01. The molecule has 3 aromatic rings. The first-order chi connectivity index (χ1) is 13.7. The summed E-state index contributed by atoms with van der Waals surface area (Å²) in [6, 6.07) is 26.2. The molecule has 2 amide bonds. The first-order valence-electron chi connectivity index (χ1n) is 8.87. The number of nitrogens with one attached hydrogen (secondary N) is 2. The molecule has 0 spiro atoms. The smallest absolute Gasteiger partial charge is 0.248 e. The lowest BCUT2D eigenvalue weighted by atomic mass is 10.1. The van der Waals surface area contributed by atoms with Crippen molar-refractivity contribution in [2.24, 2.45) is 0 Å². The Balaban J connectivity index is 1.53. The number of carbonyl (C=O) groups excluding carboxylic acids is 2. The van der Waals surface area contributed by atoms with Crippen LogP contribution in [0, 0.1) is 0 Å². The first-order valence-corrected chi connectivity index (χ1v) is 8.87. The molecule has 28 heavy (non-hydrogen) atoms. The van der Waals surface area contributed by atoms with E-state index in [0.29, 0.717) is 0 Å². The van der Waals surface area contributed by atoms with Crippen LogP contribution in [0.5, 0.6) is 0 Å². The zero-order valence-electron chi connectivity index (χ0n) is 15.2. The van der Waals surface area contributed by atoms with Crippen molar-refractivity contribution in [2.75, 3.05) is 10.6 Å². The summed E-state index contributed by atoms with van der Waals surface area (Å²) in [6.45, 7) is 0. The van der Waals surface area contributed by atoms with Gasteiger partial charge < -0.3 is 10.6 Å². The second kappa shape index (κ2) is 9.69. The molecule has 3 aromatic carbocycles. The van der Waals surface area contributed by atoms with E-state index in [1.165, 1.54) is 12.2 Å². The third-order valence-corrected chi connectivity index (χ3v) is 3.87. The summed E-state index contributed by atoms with van der Waals surface area (Å²) < 4.78 is 0. The van der Waals surface area contributed by atoms with E-state index in [9.17, 15) is 9.59 Å². The Kier molecular flexibility index (Phi) is 6.53. The van der Waals surface area contributed by atoms with E-state index in [1.54, 1.807) is 12.2 Å². The third-order valence-electron chi connectivity index (χ3n) is 3.87. The second-order valence-electron chi connectivity index (χ2n) is 6.04. The van der Waals surface area contributed by atoms with E-state index < -0.39 is 0 Å². The van der Waals surface area contributed by atoms with Crippen LogP contribution >= 0.6 is 0 Å². The summed E-state index contributed by atoms with van der Waals surface area (Å²) >= 11 is 0. The number of para-hydroxylation sites is 2. The van der Waals surface area contributed by atoms with E-state index in [0.717, 1.165) is 22.5 Å². The van der Waals surface area contributed by atoms with E-state index in [4.69, 9.17) is 0 Å². The molecule has 0 fully saturated rings. The van der Waals surface area contributed by atoms with E-state index >= 15 is 0 Å². The summed E-state index contributed by atoms with van der Waals surface area (Å²) in [5, 5.41) is 5.59. The molecule has 0 saturated carbocycles. The molecule has 0 saturated heterocycles. The molecule has 138 valence electrons. The van der Waals surface area contributed by atoms with Gasteiger partial charge in [0.05, 0.1) is 0 Å². The summed E-state index contributed by atoms with van der Waals surface area (Å²) in [5.41, 5.74) is 3.31. The molecule has 0 aromatic heterocycles. The molecule has 0 heterocycles. The minimum Gasteiger partial charge on any atom is -0.323 e. The minimum absolute atomic E-state index is 0.187. The molecule has 0 radical (unpaired) electrons. The van der Waals surface area contributed by atoms with Crippen molar-refractivity contribution >= 4 is 35.3 Å². The molecule has 0 atom stereocenters. The molecule has 4 heteroatoms. The number of carbonyl (C=O) groups is 2. The van der Waals surface area contributed by atoms with Crippen LogP contribution in [0.2, 0.25) is 0 Å². The van der Waals surface area contributed by atoms with Crippen LogP contribution in [-0.4, -0.2) is 11.8 Å². The van der Waals surface area contributed by atoms with Gasteiger partial charge in [-0.1, -0.05) is 60.7 Å². The molecule has 0 aliphatic heterocycles. The molecular formula is C24H20N2O2. The lowest BCUT2D eigenvalue weighted by Crippen LogP contribution is -2.07. The van der Waals surface area contributed by atoms with E-state index in [2.05, 4.69) is 10.6 Å². The number of hydrogen-bond donors (Lipinski definition) is 2. The molecule has 0 aliphatic rings. The highest BCUT2D eigenvalue weighted by Crippen LogP contribution is 2.10. The highest BCUT2D eigenvalue weighted by Gasteiger charge is 1.98. The van der Waals surface area contributed by atoms with Crippen LogP contribution in [0.15, 0.2) is 97.1 Å². The van der Waals surface area contributed by atoms with Crippen molar-refractivity contribution in [1.82, 2.24) is 0 Å². The maximum absolute atomic E-state index is 11.9. The van der Waals surface area contributed by atoms with Gasteiger partial charge in [0.1, 0.15) is 0 Å². The van der Waals surface area contributed by atoms with Crippen LogP contribution in [0.25, 0.3) is 12.2 Å². The van der Waals surface area contributed by atoms with Crippen LogP contribution in [0.1, 0.15) is 11.1 Å². The standard InChI is InChI=1S/C24H20N2O2/c27-23(25-21-7-3-1-4-8-21)17-15-19-11-13-20(14-12-19)16-18-24(28)26-22-9-5-2-6-10-22/h1-18H,(H,25,27)(H,26,28)/b17-15+,18-16+. The largest absolute Gasteiger partial charge is 0.323 e. The van der Waals surface area contributed by atoms with Gasteiger partial charge in [0.15, 0.2) is 0 Å². The van der Waals surface area contributed by atoms with E-state index in [1.807, 2.05) is 84.9 Å². The van der Waals surface area contributed by atoms with Crippen molar-refractivity contribution in [3.8, 4) is 0 Å². The fourth-order valence-electron chi connectivity index (χ4n) is 2.47. The van der Waals surface area contributed by atoms with Crippen molar-refractivity contribution in [2.45, 2.75) is 0 Å². The molecule has 0 bridgehead atoms. The Hall–Kier alpha value is -3.92. The Morgan fingerprint density at radius 1 is 0.536 bits per heavy atom. The maximum atomic E-state index is 11.9. The molecule has 2 N–H and O–H groups in total. The molecule has 4 nitrogen and oxygen atoms in total. The van der Waals surface area contributed by atoms with Gasteiger partial charge >= 0.3 is 0 Å². The normalized spacial score (nSPS) is 10.9. The van der Waals surface area contributed by atoms with Crippen molar-refractivity contribution < 1.29 is 9.59 Å². The van der Waals surface area contributed by atoms with Gasteiger partial charge in [0.2, 0.25) is 11.8 Å². The Morgan fingerprint density at radius 3 is 1.25 bits per heavy atom. The minimum atomic E-state index is -0.187. The first kappa shape index (κ1) is 18.9. The van der Waals surface area contributed by atoms with Crippen LogP contribution in [0.3, 0.4) is 0 Å². The van der Waals surface area contributed by atoms with Gasteiger partial charge in [-0.15, -0.1) is 0 Å². The third kappa shape index (κ3) is 6.11. The van der Waals surface area contributed by atoms with Crippen LogP contribution in [-0.2, 0) is 9.59 Å². The lowest BCUT2D eigenvalue weighted by molar-refractivity contribution is -0.112. The number of hydrogen-bond acceptors (Lipinski definition) is 2. The highest BCUT2D eigenvalue weighted by atomic mass is 16.2. The Labute approximate surface area is 164 Å². The molecule has 3 rings (SSSR count). The average Bonchev–Trinajstić information content (AvgIpc) is 2.73. The van der Waals surface area contributed by atoms with Gasteiger partial charge in [-0.05, 0) is 47.5 Å². The van der Waals surface area contributed by atoms with Gasteiger partial charge in [-0.2, -0.15) is 0 Å². The molecule has 0 unspecified atom stereocenters. The SMILES string of the molecule is O=C(/C=C/c1ccc(/C=C/C(=O)Nc2ccccc2)cc1)Nc1ccccc1. The summed E-state index contributed by atoms with van der Waals surface area (Å²) in [4.78, 5) is 23.9. The zero-order valence-corrected chi connectivity index (χ0v) is 15.2. The number of rotatable bonds is 6. The van der Waals surface area contributed by atoms with Gasteiger partial charge in [-0.25, -0.2) is 0 Å². The zero-order chi connectivity index (χ0) is 19.6. The monoisotopic (exact) mass is 368 g/mol. The summed E-state index contributed by atoms with van der Waals surface area (Å²) in [7, 11) is 0. The number of anilines is 2. The van der Waals surface area contributed by atoms with E-state index in [-0.39, 0.29) is 11.8 Å². The summed E-state index contributed by atoms with van der Waals surface area (Å²) in [5.74, 6) is -0.375. The van der Waals surface area contributed by atoms with Gasteiger partial charge in [-0.3, -0.25) is 9.59 Å². The fraction of sp³-hybridized carbons (Fsp3) is 0. The van der Waals surface area contributed by atoms with Gasteiger partial charge in [0, 0.05) is 23.5 Å². The molecule has 0 aliphatic carbocycles. The molecular weight excluding hydrogens is 348 g/mol. The number of benzene rings is 3. The maximum Gasteiger partial charge on any atom is 0.248 e. The Morgan fingerprint density at radius 2 is 0.893 bits per heavy atom. The number of amides is 2. The predicted octanol–water partition coefficient (Wildman–Crippen LogP) is 4.99. The summed E-state index contributed by atoms with van der Waals surface area (Å²) in [6.07, 6.45) is 6.47. The van der Waals surface area contributed by atoms with Crippen LogP contribution in [0.4, 0.5) is 11.4 Å². The van der Waals surface area contributed by atoms with Crippen LogP contribution < -0.4 is 10.6 Å². The van der Waals surface area contributed by atoms with Crippen molar-refractivity contribution in [1.29, 1.82) is 0 Å². The second-order valence-corrected chi connectivity index (χ2v) is 6.04. The van der Waals surface area contributed by atoms with Crippen molar-refractivity contribution in [3.05, 3.63) is 108 Å². The quantitative estimate of drug-likeness (QED) is 0.602. The average molecular weight is 368 g/mol. The fourth-order valence-corrected chi connectivity index (χ4v) is 2.47. The van der Waals surface area contributed by atoms with Gasteiger partial charge in [0.25, 0.3) is 0 Å². The van der Waals surface area contributed by atoms with Crippen molar-refractivity contribution in [3.63, 3.8) is 0 Å². The predicted molar refractivity (Wildman–Crippen MR) is 115 cm³/mol. The Bertz CT molecular complexity index is 894. The topological polar surface area (TPSA) is 58.2 Å². The highest BCUT2D eigenvalue weighted by molar-refractivity contribution is 6.02.